The Morgan fingerprint density at radius 1 is 1.10 bits per heavy atom. The fourth-order valence-electron chi connectivity index (χ4n) is 2.26. The Balaban J connectivity index is 1.47. The highest BCUT2D eigenvalue weighted by Gasteiger charge is 2.17. The number of sulfonamides is 1. The average Bonchev–Trinajstić information content (AvgIpc) is 3.20. The Morgan fingerprint density at radius 3 is 2.47 bits per heavy atom. The molecule has 3 aromatic rings. The molecule has 0 radical (unpaired) electrons. The number of thioether (sulfide) groups is 1. The zero-order chi connectivity index (χ0) is 21.6. The topological polar surface area (TPSA) is 115 Å². The zero-order valence-corrected chi connectivity index (χ0v) is 17.9. The van der Waals surface area contributed by atoms with Gasteiger partial charge in [0.05, 0.1) is 10.6 Å². The summed E-state index contributed by atoms with van der Waals surface area (Å²) in [6.07, 6.45) is 0. The highest BCUT2D eigenvalue weighted by atomic mass is 32.2. The molecule has 0 saturated heterocycles. The fourth-order valence-corrected chi connectivity index (χ4v) is 3.74. The van der Waals surface area contributed by atoms with Crippen LogP contribution in [0.2, 0.25) is 0 Å². The van der Waals surface area contributed by atoms with E-state index in [-0.39, 0.29) is 28.4 Å². The van der Waals surface area contributed by atoms with Crippen LogP contribution in [0.1, 0.15) is 5.89 Å². The van der Waals surface area contributed by atoms with Crippen molar-refractivity contribution in [3.05, 3.63) is 60.5 Å². The van der Waals surface area contributed by atoms with Crippen LogP contribution < -0.4 is 10.1 Å². The van der Waals surface area contributed by atoms with Crippen LogP contribution in [-0.2, 0) is 21.4 Å². The van der Waals surface area contributed by atoms with E-state index in [0.29, 0.717) is 17.3 Å². The van der Waals surface area contributed by atoms with Crippen molar-refractivity contribution in [3.63, 3.8) is 0 Å². The van der Waals surface area contributed by atoms with Crippen LogP contribution in [0.4, 0.5) is 5.69 Å². The number of anilines is 1. The fraction of sp³-hybridized carbons (Fsp3) is 0.211. The van der Waals surface area contributed by atoms with Gasteiger partial charge < -0.3 is 14.5 Å². The molecule has 30 heavy (non-hydrogen) atoms. The van der Waals surface area contributed by atoms with E-state index in [2.05, 4.69) is 15.5 Å². The highest BCUT2D eigenvalue weighted by Crippen LogP contribution is 2.19. The second-order valence-electron chi connectivity index (χ2n) is 6.21. The molecule has 1 N–H and O–H groups in total. The minimum Gasteiger partial charge on any atom is -0.484 e. The van der Waals surface area contributed by atoms with Crippen molar-refractivity contribution in [1.29, 1.82) is 0 Å². The maximum Gasteiger partial charge on any atom is 0.277 e. The Labute approximate surface area is 178 Å². The van der Waals surface area contributed by atoms with E-state index < -0.39 is 10.0 Å². The van der Waals surface area contributed by atoms with Gasteiger partial charge in [0.25, 0.3) is 11.1 Å². The van der Waals surface area contributed by atoms with E-state index in [1.54, 1.807) is 0 Å². The van der Waals surface area contributed by atoms with Crippen LogP contribution >= 0.6 is 11.8 Å². The molecule has 0 bridgehead atoms. The lowest BCUT2D eigenvalue weighted by Crippen LogP contribution is -2.22. The standard InChI is InChI=1S/C19H20N4O5S2/c1-23(2)30(25,26)16-10-8-14(9-11-16)20-17(24)13-29-19-22-21-18(28-19)12-27-15-6-4-3-5-7-15/h3-11H,12-13H2,1-2H3,(H,20,24). The van der Waals surface area contributed by atoms with E-state index in [1.165, 1.54) is 38.4 Å². The molecule has 0 saturated carbocycles. The normalized spacial score (nSPS) is 11.4. The van der Waals surface area contributed by atoms with Crippen molar-refractivity contribution in [1.82, 2.24) is 14.5 Å². The minimum atomic E-state index is -3.51. The van der Waals surface area contributed by atoms with E-state index in [9.17, 15) is 13.2 Å². The number of ether oxygens (including phenoxy) is 1. The van der Waals surface area contributed by atoms with E-state index in [1.807, 2.05) is 30.3 Å². The lowest BCUT2D eigenvalue weighted by Gasteiger charge is -2.11. The minimum absolute atomic E-state index is 0.0545. The molecule has 1 aromatic heterocycles. The molecule has 0 spiro atoms. The van der Waals surface area contributed by atoms with Crippen LogP contribution in [0.3, 0.4) is 0 Å². The molecule has 0 fully saturated rings. The molecular formula is C19H20N4O5S2. The van der Waals surface area contributed by atoms with Crippen LogP contribution in [0, 0.1) is 0 Å². The maximum atomic E-state index is 12.1. The van der Waals surface area contributed by atoms with Crippen molar-refractivity contribution in [2.45, 2.75) is 16.7 Å². The van der Waals surface area contributed by atoms with Crippen molar-refractivity contribution >= 4 is 33.4 Å². The number of carbonyl (C=O) groups excluding carboxylic acids is 1. The third-order valence-corrected chi connectivity index (χ3v) is 6.44. The van der Waals surface area contributed by atoms with Gasteiger partial charge in [-0.3, -0.25) is 4.79 Å². The van der Waals surface area contributed by atoms with Crippen molar-refractivity contribution < 1.29 is 22.4 Å². The van der Waals surface area contributed by atoms with Crippen molar-refractivity contribution in [2.75, 3.05) is 25.2 Å². The number of rotatable bonds is 9. The van der Waals surface area contributed by atoms with Gasteiger partial charge in [-0.15, -0.1) is 10.2 Å². The number of benzene rings is 2. The molecule has 1 amide bonds. The third-order valence-electron chi connectivity index (χ3n) is 3.80. The summed E-state index contributed by atoms with van der Waals surface area (Å²) >= 11 is 1.09. The summed E-state index contributed by atoms with van der Waals surface area (Å²) in [4.78, 5) is 12.3. The first-order valence-electron chi connectivity index (χ1n) is 8.80. The number of carbonyl (C=O) groups is 1. The molecular weight excluding hydrogens is 428 g/mol. The SMILES string of the molecule is CN(C)S(=O)(=O)c1ccc(NC(=O)CSc2nnc(COc3ccccc3)o2)cc1. The summed E-state index contributed by atoms with van der Waals surface area (Å²) in [5, 5.41) is 10.7. The first kappa shape index (κ1) is 21.8. The number of nitrogens with one attached hydrogen (secondary N) is 1. The molecule has 0 aliphatic carbocycles. The Hall–Kier alpha value is -2.89. The number of hydrogen-bond donors (Lipinski definition) is 1. The summed E-state index contributed by atoms with van der Waals surface area (Å²) in [6.45, 7) is 0.131. The molecule has 9 nitrogen and oxygen atoms in total. The van der Waals surface area contributed by atoms with Gasteiger partial charge in [-0.2, -0.15) is 0 Å². The highest BCUT2D eigenvalue weighted by molar-refractivity contribution is 7.99. The monoisotopic (exact) mass is 448 g/mol. The number of amides is 1. The summed E-state index contributed by atoms with van der Waals surface area (Å²) in [6, 6.07) is 15.2. The lowest BCUT2D eigenvalue weighted by molar-refractivity contribution is -0.113. The summed E-state index contributed by atoms with van der Waals surface area (Å²) < 4.78 is 36.2. The van der Waals surface area contributed by atoms with E-state index in [0.717, 1.165) is 16.1 Å². The van der Waals surface area contributed by atoms with Gasteiger partial charge in [0, 0.05) is 19.8 Å². The second-order valence-corrected chi connectivity index (χ2v) is 9.29. The Kier molecular flexibility index (Phi) is 7.08. The Bertz CT molecular complexity index is 1080. The molecule has 158 valence electrons. The van der Waals surface area contributed by atoms with Crippen LogP contribution in [0.25, 0.3) is 0 Å². The number of aromatic nitrogens is 2. The molecule has 0 aliphatic heterocycles. The van der Waals surface area contributed by atoms with E-state index >= 15 is 0 Å². The summed E-state index contributed by atoms with van der Waals surface area (Å²) in [5.74, 6) is 0.760. The van der Waals surface area contributed by atoms with Crippen LogP contribution in [0.5, 0.6) is 5.75 Å². The second kappa shape index (κ2) is 9.74. The molecule has 0 aliphatic rings. The largest absolute Gasteiger partial charge is 0.484 e. The van der Waals surface area contributed by atoms with Gasteiger partial charge in [-0.1, -0.05) is 30.0 Å². The van der Waals surface area contributed by atoms with Gasteiger partial charge in [0.2, 0.25) is 15.9 Å². The smallest absolute Gasteiger partial charge is 0.277 e. The third kappa shape index (κ3) is 5.81. The van der Waals surface area contributed by atoms with Gasteiger partial charge in [-0.05, 0) is 36.4 Å². The van der Waals surface area contributed by atoms with Gasteiger partial charge in [0.1, 0.15) is 5.75 Å². The van der Waals surface area contributed by atoms with Gasteiger partial charge in [-0.25, -0.2) is 12.7 Å². The predicted octanol–water partition coefficient (Wildman–Crippen LogP) is 2.63. The first-order valence-corrected chi connectivity index (χ1v) is 11.2. The summed E-state index contributed by atoms with van der Waals surface area (Å²) in [7, 11) is -0.595. The Morgan fingerprint density at radius 2 is 1.80 bits per heavy atom. The van der Waals surface area contributed by atoms with Crippen LogP contribution in [-0.4, -0.2) is 48.7 Å². The van der Waals surface area contributed by atoms with Crippen molar-refractivity contribution in [2.24, 2.45) is 0 Å². The molecule has 3 rings (SSSR count). The number of nitrogens with zero attached hydrogens (tertiary/aromatic N) is 3. The molecule has 11 heteroatoms. The zero-order valence-electron chi connectivity index (χ0n) is 16.3. The number of hydrogen-bond acceptors (Lipinski definition) is 8. The molecule has 1 heterocycles. The number of para-hydroxylation sites is 1. The molecule has 0 atom stereocenters. The van der Waals surface area contributed by atoms with Gasteiger partial charge >= 0.3 is 0 Å². The van der Waals surface area contributed by atoms with Gasteiger partial charge in [0.15, 0.2) is 6.61 Å². The first-order chi connectivity index (χ1) is 14.3. The average molecular weight is 449 g/mol. The maximum absolute atomic E-state index is 12.1. The van der Waals surface area contributed by atoms with Crippen LogP contribution in [0.15, 0.2) is 69.1 Å². The van der Waals surface area contributed by atoms with Crippen molar-refractivity contribution in [3.8, 4) is 5.75 Å². The lowest BCUT2D eigenvalue weighted by atomic mass is 10.3. The van der Waals surface area contributed by atoms with E-state index in [4.69, 9.17) is 9.15 Å². The molecule has 0 unspecified atom stereocenters. The summed E-state index contributed by atoms with van der Waals surface area (Å²) in [5.41, 5.74) is 0.487. The quantitative estimate of drug-likeness (QED) is 0.497. The molecule has 2 aromatic carbocycles. The predicted molar refractivity (Wildman–Crippen MR) is 112 cm³/mol.